The molecule has 0 aliphatic carbocycles. The van der Waals surface area contributed by atoms with Crippen LogP contribution in [0.4, 0.5) is 0 Å². The fourth-order valence-corrected chi connectivity index (χ4v) is 3.60. The monoisotopic (exact) mass is 443 g/mol. The molecule has 1 amide bonds. The summed E-state index contributed by atoms with van der Waals surface area (Å²) in [5, 5.41) is 4.44. The third-order valence-corrected chi connectivity index (χ3v) is 5.46. The number of benzene rings is 2. The lowest BCUT2D eigenvalue weighted by Crippen LogP contribution is -2.34. The summed E-state index contributed by atoms with van der Waals surface area (Å²) in [6, 6.07) is 19.1. The number of pyridine rings is 1. The van der Waals surface area contributed by atoms with Gasteiger partial charge >= 0.3 is 5.97 Å². The molecule has 0 aliphatic heterocycles. The summed E-state index contributed by atoms with van der Waals surface area (Å²) in [5.41, 5.74) is 4.59. The van der Waals surface area contributed by atoms with Crippen LogP contribution in [0.5, 0.6) is 0 Å². The van der Waals surface area contributed by atoms with E-state index in [0.717, 1.165) is 16.7 Å². The Hall–Kier alpha value is -4.00. The Kier molecular flexibility index (Phi) is 6.49. The van der Waals surface area contributed by atoms with E-state index in [1.165, 1.54) is 0 Å². The number of carbonyl (C=O) groups excluding carboxylic acids is 2. The molecule has 2 aromatic heterocycles. The molecule has 0 spiro atoms. The Morgan fingerprint density at radius 3 is 2.45 bits per heavy atom. The number of likely N-dealkylation sites (N-methyl/N-ethyl adjacent to an activating group) is 1. The fourth-order valence-electron chi connectivity index (χ4n) is 3.60. The number of hydrogen-bond donors (Lipinski definition) is 0. The number of aryl methyl sites for hydroxylation is 2. The fraction of sp³-hybridized carbons (Fsp3) is 0.231. The number of ether oxygens (including phenoxy) is 1. The number of esters is 1. The van der Waals surface area contributed by atoms with Crippen molar-refractivity contribution in [2.24, 2.45) is 0 Å². The van der Waals surface area contributed by atoms with Crippen LogP contribution < -0.4 is 0 Å². The van der Waals surface area contributed by atoms with E-state index in [2.05, 4.69) is 10.1 Å². The maximum atomic E-state index is 13.0. The molecule has 0 unspecified atom stereocenters. The molecule has 4 rings (SSSR count). The molecule has 33 heavy (non-hydrogen) atoms. The molecular formula is C26H25N3O4. The molecule has 2 heterocycles. The molecule has 0 radical (unpaired) electrons. The zero-order valence-electron chi connectivity index (χ0n) is 18.9. The maximum absolute atomic E-state index is 13.0. The molecule has 0 saturated carbocycles. The van der Waals surface area contributed by atoms with Crippen molar-refractivity contribution in [3.63, 3.8) is 0 Å². The summed E-state index contributed by atoms with van der Waals surface area (Å²) in [6.45, 7) is 6.23. The van der Waals surface area contributed by atoms with Crippen LogP contribution >= 0.6 is 0 Å². The Morgan fingerprint density at radius 2 is 1.76 bits per heavy atom. The minimum atomic E-state index is -0.619. The van der Waals surface area contributed by atoms with Gasteiger partial charge in [0.1, 0.15) is 0 Å². The first-order chi connectivity index (χ1) is 16.0. The molecule has 168 valence electrons. The van der Waals surface area contributed by atoms with Gasteiger partial charge in [-0.2, -0.15) is 0 Å². The lowest BCUT2D eigenvalue weighted by Gasteiger charge is -2.21. The molecule has 0 bridgehead atoms. The van der Waals surface area contributed by atoms with Gasteiger partial charge in [-0.25, -0.2) is 9.78 Å². The second-order valence-corrected chi connectivity index (χ2v) is 7.84. The molecule has 2 aromatic carbocycles. The van der Waals surface area contributed by atoms with Crippen LogP contribution in [0.1, 0.15) is 34.1 Å². The van der Waals surface area contributed by atoms with Crippen LogP contribution in [0, 0.1) is 13.8 Å². The molecule has 0 N–H and O–H groups in total. The summed E-state index contributed by atoms with van der Waals surface area (Å²) in [4.78, 5) is 31.9. The van der Waals surface area contributed by atoms with Crippen LogP contribution in [0.2, 0.25) is 0 Å². The lowest BCUT2D eigenvalue weighted by molar-refractivity contribution is -0.134. The van der Waals surface area contributed by atoms with Crippen LogP contribution in [0.3, 0.4) is 0 Å². The molecule has 7 nitrogen and oxygen atoms in total. The third kappa shape index (κ3) is 4.92. The smallest absolute Gasteiger partial charge is 0.339 e. The number of aromatic nitrogens is 2. The largest absolute Gasteiger partial charge is 0.452 e. The van der Waals surface area contributed by atoms with E-state index in [-0.39, 0.29) is 23.8 Å². The van der Waals surface area contributed by atoms with Crippen LogP contribution in [0.25, 0.3) is 22.4 Å². The molecule has 0 saturated heterocycles. The average Bonchev–Trinajstić information content (AvgIpc) is 3.22. The van der Waals surface area contributed by atoms with E-state index in [1.807, 2.05) is 68.4 Å². The highest BCUT2D eigenvalue weighted by atomic mass is 16.5. The van der Waals surface area contributed by atoms with E-state index >= 15 is 0 Å². The zero-order valence-corrected chi connectivity index (χ0v) is 18.9. The summed E-state index contributed by atoms with van der Waals surface area (Å²) >= 11 is 0. The van der Waals surface area contributed by atoms with Gasteiger partial charge in [-0.1, -0.05) is 65.3 Å². The van der Waals surface area contributed by atoms with E-state index in [1.54, 1.807) is 17.9 Å². The topological polar surface area (TPSA) is 85.5 Å². The third-order valence-electron chi connectivity index (χ3n) is 5.46. The van der Waals surface area contributed by atoms with Gasteiger partial charge in [0.25, 0.3) is 11.6 Å². The van der Waals surface area contributed by atoms with Gasteiger partial charge in [-0.05, 0) is 32.4 Å². The first-order valence-electron chi connectivity index (χ1n) is 10.8. The molecule has 0 fully saturated rings. The second-order valence-electron chi connectivity index (χ2n) is 7.84. The standard InChI is InChI=1S/C26H25N3O4/c1-4-29(15-19-8-6-5-7-9-19)23(30)16-32-26(31)21-14-22(20-12-10-17(2)11-13-20)27-25-24(21)18(3)28-33-25/h5-14H,4,15-16H2,1-3H3. The van der Waals surface area contributed by atoms with E-state index in [0.29, 0.717) is 29.9 Å². The van der Waals surface area contributed by atoms with Crippen LogP contribution in [-0.2, 0) is 16.1 Å². The van der Waals surface area contributed by atoms with Gasteiger partial charge in [0.15, 0.2) is 6.61 Å². The Morgan fingerprint density at radius 1 is 1.03 bits per heavy atom. The quantitative estimate of drug-likeness (QED) is 0.385. The highest BCUT2D eigenvalue weighted by molar-refractivity contribution is 6.04. The van der Waals surface area contributed by atoms with Crippen LogP contribution in [-0.4, -0.2) is 40.1 Å². The number of hydrogen-bond acceptors (Lipinski definition) is 6. The number of carbonyl (C=O) groups is 2. The molecular weight excluding hydrogens is 418 g/mol. The van der Waals surface area contributed by atoms with Crippen molar-refractivity contribution >= 4 is 23.0 Å². The summed E-state index contributed by atoms with van der Waals surface area (Å²) in [7, 11) is 0. The Labute approximate surface area is 192 Å². The van der Waals surface area contributed by atoms with Gasteiger partial charge in [0.2, 0.25) is 0 Å². The number of rotatable bonds is 7. The van der Waals surface area contributed by atoms with Crippen molar-refractivity contribution in [2.45, 2.75) is 27.3 Å². The molecule has 0 atom stereocenters. The van der Waals surface area contributed by atoms with Crippen LogP contribution in [0.15, 0.2) is 65.2 Å². The summed E-state index contributed by atoms with van der Waals surface area (Å²) < 4.78 is 10.8. The highest BCUT2D eigenvalue weighted by Crippen LogP contribution is 2.27. The molecule has 4 aromatic rings. The van der Waals surface area contributed by atoms with Gasteiger partial charge in [-0.15, -0.1) is 0 Å². The normalized spacial score (nSPS) is 10.9. The van der Waals surface area contributed by atoms with E-state index in [4.69, 9.17) is 9.26 Å². The maximum Gasteiger partial charge on any atom is 0.339 e. The van der Waals surface area contributed by atoms with E-state index < -0.39 is 5.97 Å². The summed E-state index contributed by atoms with van der Waals surface area (Å²) in [5.74, 6) is -0.882. The van der Waals surface area contributed by atoms with Crippen molar-refractivity contribution in [3.8, 4) is 11.3 Å². The SMILES string of the molecule is CCN(Cc1ccccc1)C(=O)COC(=O)c1cc(-c2ccc(C)cc2)nc2onc(C)c12. The number of nitrogens with zero attached hydrogens (tertiary/aromatic N) is 3. The minimum Gasteiger partial charge on any atom is -0.452 e. The van der Waals surface area contributed by atoms with Crippen molar-refractivity contribution in [1.29, 1.82) is 0 Å². The van der Waals surface area contributed by atoms with Gasteiger partial charge in [0.05, 0.1) is 22.3 Å². The highest BCUT2D eigenvalue weighted by Gasteiger charge is 2.22. The molecule has 0 aliphatic rings. The van der Waals surface area contributed by atoms with Crippen molar-refractivity contribution in [2.75, 3.05) is 13.2 Å². The predicted molar refractivity (Wildman–Crippen MR) is 125 cm³/mol. The first-order valence-corrected chi connectivity index (χ1v) is 10.8. The number of amides is 1. The second kappa shape index (κ2) is 9.65. The minimum absolute atomic E-state index is 0.253. The zero-order chi connectivity index (χ0) is 23.4. The van der Waals surface area contributed by atoms with Crippen molar-refractivity contribution in [3.05, 3.63) is 83.0 Å². The molecule has 7 heteroatoms. The Balaban J connectivity index is 1.55. The van der Waals surface area contributed by atoms with Gasteiger partial charge < -0.3 is 14.2 Å². The van der Waals surface area contributed by atoms with Crippen molar-refractivity contribution in [1.82, 2.24) is 15.0 Å². The summed E-state index contributed by atoms with van der Waals surface area (Å²) in [6.07, 6.45) is 0. The van der Waals surface area contributed by atoms with E-state index in [9.17, 15) is 9.59 Å². The number of fused-ring (bicyclic) bond motifs is 1. The Bertz CT molecular complexity index is 1280. The van der Waals surface area contributed by atoms with Gasteiger partial charge in [-0.3, -0.25) is 4.79 Å². The van der Waals surface area contributed by atoms with Crippen molar-refractivity contribution < 1.29 is 18.8 Å². The average molecular weight is 444 g/mol. The first kappa shape index (κ1) is 22.2. The lowest BCUT2D eigenvalue weighted by atomic mass is 10.0. The van der Waals surface area contributed by atoms with Gasteiger partial charge in [0, 0.05) is 18.7 Å². The predicted octanol–water partition coefficient (Wildman–Crippen LogP) is 4.71.